The summed E-state index contributed by atoms with van der Waals surface area (Å²) in [5.41, 5.74) is 1.43. The van der Waals surface area contributed by atoms with Gasteiger partial charge in [-0.2, -0.15) is 0 Å². The Balaban J connectivity index is 1.82. The van der Waals surface area contributed by atoms with Crippen LogP contribution in [0.3, 0.4) is 0 Å². The third kappa shape index (κ3) is 4.00. The Morgan fingerprint density at radius 1 is 1.38 bits per heavy atom. The van der Waals surface area contributed by atoms with E-state index in [2.05, 4.69) is 36.1 Å². The zero-order chi connectivity index (χ0) is 18.9. The summed E-state index contributed by atoms with van der Waals surface area (Å²) in [5, 5.41) is 3.63. The molecular weight excluding hydrogens is 346 g/mol. The molecule has 0 aliphatic heterocycles. The first-order chi connectivity index (χ1) is 12.3. The molecule has 0 saturated carbocycles. The molecule has 142 valence electrons. The van der Waals surface area contributed by atoms with Gasteiger partial charge >= 0.3 is 0 Å². The molecule has 0 saturated heterocycles. The van der Waals surface area contributed by atoms with Gasteiger partial charge in [-0.1, -0.05) is 27.7 Å². The molecule has 5 nitrogen and oxygen atoms in total. The van der Waals surface area contributed by atoms with Crippen LogP contribution in [0, 0.1) is 11.3 Å². The summed E-state index contributed by atoms with van der Waals surface area (Å²) in [6.45, 7) is 9.60. The van der Waals surface area contributed by atoms with Crippen molar-refractivity contribution in [1.29, 1.82) is 0 Å². The van der Waals surface area contributed by atoms with E-state index in [1.165, 1.54) is 10.4 Å². The lowest BCUT2D eigenvalue weighted by Crippen LogP contribution is -2.26. The van der Waals surface area contributed by atoms with E-state index in [4.69, 9.17) is 0 Å². The number of nitrogens with one attached hydrogen (secondary N) is 2. The Morgan fingerprint density at radius 2 is 2.15 bits per heavy atom. The van der Waals surface area contributed by atoms with Gasteiger partial charge in [0, 0.05) is 24.3 Å². The number of amides is 1. The lowest BCUT2D eigenvalue weighted by molar-refractivity contribution is -0.121. The van der Waals surface area contributed by atoms with Gasteiger partial charge in [-0.3, -0.25) is 9.59 Å². The van der Waals surface area contributed by atoms with E-state index in [-0.39, 0.29) is 16.9 Å². The fourth-order valence-electron chi connectivity index (χ4n) is 3.67. The molecule has 2 N–H and O–H groups in total. The number of hydrogen-bond donors (Lipinski definition) is 2. The van der Waals surface area contributed by atoms with E-state index >= 15 is 0 Å². The predicted octanol–water partition coefficient (Wildman–Crippen LogP) is 3.59. The zero-order valence-electron chi connectivity index (χ0n) is 16.2. The Hall–Kier alpha value is -1.69. The number of carbonyl (C=O) groups excluding carboxylic acids is 1. The van der Waals surface area contributed by atoms with Gasteiger partial charge in [0.25, 0.3) is 5.56 Å². The van der Waals surface area contributed by atoms with Gasteiger partial charge in [0.15, 0.2) is 0 Å². The number of nitrogens with zero attached hydrogens (tertiary/aromatic N) is 1. The number of aryl methyl sites for hydroxylation is 2. The summed E-state index contributed by atoms with van der Waals surface area (Å²) in [7, 11) is 0. The van der Waals surface area contributed by atoms with Gasteiger partial charge in [0.05, 0.1) is 5.39 Å². The Bertz CT molecular complexity index is 860. The lowest BCUT2D eigenvalue weighted by Gasteiger charge is -2.33. The molecule has 1 aliphatic carbocycles. The molecule has 3 rings (SSSR count). The second kappa shape index (κ2) is 7.51. The number of thiophene rings is 1. The molecule has 2 aromatic heterocycles. The Morgan fingerprint density at radius 3 is 2.85 bits per heavy atom. The largest absolute Gasteiger partial charge is 0.356 e. The number of aromatic nitrogens is 2. The number of H-pyrrole nitrogens is 1. The molecule has 0 radical (unpaired) electrons. The molecule has 0 unspecified atom stereocenters. The van der Waals surface area contributed by atoms with E-state index in [0.717, 1.165) is 35.9 Å². The van der Waals surface area contributed by atoms with Crippen LogP contribution >= 0.6 is 11.3 Å². The number of fused-ring (bicyclic) bond motifs is 3. The molecule has 0 bridgehead atoms. The second-order valence-electron chi connectivity index (χ2n) is 8.35. The van der Waals surface area contributed by atoms with Crippen LogP contribution in [0.5, 0.6) is 0 Å². The molecule has 1 aliphatic rings. The number of rotatable bonds is 5. The van der Waals surface area contributed by atoms with Crippen molar-refractivity contribution in [2.45, 2.75) is 66.2 Å². The maximum Gasteiger partial charge on any atom is 0.259 e. The van der Waals surface area contributed by atoms with Gasteiger partial charge in [-0.05, 0) is 42.6 Å². The van der Waals surface area contributed by atoms with Crippen LogP contribution in [0.15, 0.2) is 4.79 Å². The van der Waals surface area contributed by atoms with E-state index < -0.39 is 0 Å². The molecule has 2 aromatic rings. The minimum atomic E-state index is -0.0503. The standard InChI is InChI=1S/C20H29N3O2S/c1-5-10-21-16(24)9-8-15-22-18(25)17-13-7-6-12(20(2,3)4)11-14(13)26-19(17)23-15/h12H,5-11H2,1-4H3,(H,21,24)(H,22,23,25)/t12-/m1/s1. The molecule has 2 heterocycles. The van der Waals surface area contributed by atoms with Crippen molar-refractivity contribution in [2.24, 2.45) is 11.3 Å². The van der Waals surface area contributed by atoms with Crippen LogP contribution in [-0.4, -0.2) is 22.4 Å². The van der Waals surface area contributed by atoms with Crippen molar-refractivity contribution in [3.8, 4) is 0 Å². The molecule has 0 fully saturated rings. The molecule has 26 heavy (non-hydrogen) atoms. The number of hydrogen-bond acceptors (Lipinski definition) is 4. The van der Waals surface area contributed by atoms with Crippen LogP contribution in [0.25, 0.3) is 10.2 Å². The van der Waals surface area contributed by atoms with Crippen molar-refractivity contribution < 1.29 is 4.79 Å². The third-order valence-electron chi connectivity index (χ3n) is 5.35. The summed E-state index contributed by atoms with van der Waals surface area (Å²) >= 11 is 1.66. The smallest absolute Gasteiger partial charge is 0.259 e. The minimum absolute atomic E-state index is 0.00749. The fraction of sp³-hybridized carbons (Fsp3) is 0.650. The van der Waals surface area contributed by atoms with Gasteiger partial charge in [0.2, 0.25) is 5.91 Å². The highest BCUT2D eigenvalue weighted by atomic mass is 32.1. The highest BCUT2D eigenvalue weighted by Gasteiger charge is 2.31. The van der Waals surface area contributed by atoms with Crippen molar-refractivity contribution in [3.05, 3.63) is 26.6 Å². The summed E-state index contributed by atoms with van der Waals surface area (Å²) in [6, 6.07) is 0. The van der Waals surface area contributed by atoms with Gasteiger partial charge in [-0.15, -0.1) is 11.3 Å². The van der Waals surface area contributed by atoms with E-state index in [1.807, 2.05) is 6.92 Å². The first-order valence-electron chi connectivity index (χ1n) is 9.59. The van der Waals surface area contributed by atoms with E-state index in [1.54, 1.807) is 11.3 Å². The van der Waals surface area contributed by atoms with Crippen LogP contribution < -0.4 is 10.9 Å². The van der Waals surface area contributed by atoms with E-state index in [0.29, 0.717) is 31.1 Å². The molecule has 6 heteroatoms. The Kier molecular flexibility index (Phi) is 5.51. The maximum atomic E-state index is 12.6. The molecular formula is C20H29N3O2S. The van der Waals surface area contributed by atoms with Crippen molar-refractivity contribution in [3.63, 3.8) is 0 Å². The van der Waals surface area contributed by atoms with E-state index in [9.17, 15) is 9.59 Å². The summed E-state index contributed by atoms with van der Waals surface area (Å²) < 4.78 is 0. The van der Waals surface area contributed by atoms with Gasteiger partial charge in [0.1, 0.15) is 10.7 Å². The number of aromatic amines is 1. The quantitative estimate of drug-likeness (QED) is 0.838. The van der Waals surface area contributed by atoms with Crippen LogP contribution in [0.2, 0.25) is 0 Å². The zero-order valence-corrected chi connectivity index (χ0v) is 17.0. The lowest BCUT2D eigenvalue weighted by atomic mass is 9.72. The topological polar surface area (TPSA) is 74.8 Å². The van der Waals surface area contributed by atoms with Crippen LogP contribution in [0.4, 0.5) is 0 Å². The fourth-order valence-corrected chi connectivity index (χ4v) is 4.99. The minimum Gasteiger partial charge on any atom is -0.356 e. The first-order valence-corrected chi connectivity index (χ1v) is 10.4. The summed E-state index contributed by atoms with van der Waals surface area (Å²) in [4.78, 5) is 34.1. The van der Waals surface area contributed by atoms with Gasteiger partial charge < -0.3 is 10.3 Å². The predicted molar refractivity (Wildman–Crippen MR) is 107 cm³/mol. The monoisotopic (exact) mass is 375 g/mol. The maximum absolute atomic E-state index is 12.6. The third-order valence-corrected chi connectivity index (χ3v) is 6.50. The molecule has 1 amide bonds. The first kappa shape index (κ1) is 19.1. The second-order valence-corrected chi connectivity index (χ2v) is 9.44. The van der Waals surface area contributed by atoms with Crippen molar-refractivity contribution in [1.82, 2.24) is 15.3 Å². The Labute approximate surface area is 158 Å². The van der Waals surface area contributed by atoms with Crippen molar-refractivity contribution in [2.75, 3.05) is 6.54 Å². The van der Waals surface area contributed by atoms with Crippen LogP contribution in [-0.2, 0) is 24.1 Å². The number of carbonyl (C=O) groups is 1. The highest BCUT2D eigenvalue weighted by molar-refractivity contribution is 7.18. The molecule has 0 spiro atoms. The summed E-state index contributed by atoms with van der Waals surface area (Å²) in [5.74, 6) is 1.26. The normalized spacial score (nSPS) is 17.3. The average Bonchev–Trinajstić information content (AvgIpc) is 2.95. The molecule has 1 atom stereocenters. The molecule has 0 aromatic carbocycles. The SMILES string of the molecule is CCCNC(=O)CCc1nc2sc3c(c2c(=O)[nH]1)CC[C@@H](C(C)(C)C)C3. The average molecular weight is 376 g/mol. The van der Waals surface area contributed by atoms with Crippen molar-refractivity contribution >= 4 is 27.5 Å². The van der Waals surface area contributed by atoms with Gasteiger partial charge in [-0.25, -0.2) is 4.98 Å². The summed E-state index contributed by atoms with van der Waals surface area (Å²) in [6.07, 6.45) is 4.86. The highest BCUT2D eigenvalue weighted by Crippen LogP contribution is 2.41. The van der Waals surface area contributed by atoms with Crippen LogP contribution in [0.1, 0.15) is 63.2 Å².